The van der Waals surface area contributed by atoms with Crippen LogP contribution < -0.4 is 4.90 Å². The minimum Gasteiger partial charge on any atom is -0.481 e. The second-order valence-electron chi connectivity index (χ2n) is 7.78. The lowest BCUT2D eigenvalue weighted by Crippen LogP contribution is -2.47. The minimum atomic E-state index is -1.63. The summed E-state index contributed by atoms with van der Waals surface area (Å²) < 4.78 is 0. The minimum absolute atomic E-state index is 0.101. The summed E-state index contributed by atoms with van der Waals surface area (Å²) in [6.07, 6.45) is 0.379. The smallest absolute Gasteiger partial charge is 0.303 e. The molecule has 1 unspecified atom stereocenters. The second-order valence-corrected chi connectivity index (χ2v) is 8.22. The van der Waals surface area contributed by atoms with Crippen LogP contribution in [0.3, 0.4) is 0 Å². The summed E-state index contributed by atoms with van der Waals surface area (Å²) >= 11 is 6.17. The van der Waals surface area contributed by atoms with Gasteiger partial charge in [0.1, 0.15) is 0 Å². The monoisotopic (exact) mass is 440 g/mol. The number of imide groups is 1. The van der Waals surface area contributed by atoms with Crippen molar-refractivity contribution in [1.82, 2.24) is 4.90 Å². The lowest BCUT2D eigenvalue weighted by atomic mass is 9.80. The van der Waals surface area contributed by atoms with Gasteiger partial charge < -0.3 is 10.0 Å². The van der Waals surface area contributed by atoms with Crippen LogP contribution in [0, 0.1) is 0 Å². The average molecular weight is 441 g/mol. The Bertz CT molecular complexity index is 1070. The number of halogens is 1. The molecule has 160 valence electrons. The van der Waals surface area contributed by atoms with E-state index >= 15 is 0 Å². The van der Waals surface area contributed by atoms with E-state index in [1.54, 1.807) is 18.2 Å². The number of anilines is 1. The molecule has 0 radical (unpaired) electrons. The van der Waals surface area contributed by atoms with E-state index in [1.165, 1.54) is 4.90 Å². The third-order valence-electron chi connectivity index (χ3n) is 5.89. The molecule has 2 aromatic carbocycles. The van der Waals surface area contributed by atoms with E-state index in [-0.39, 0.29) is 32.4 Å². The van der Waals surface area contributed by atoms with E-state index in [9.17, 15) is 19.2 Å². The Morgan fingerprint density at radius 1 is 1.00 bits per heavy atom. The Hall–Kier alpha value is -3.19. The molecule has 31 heavy (non-hydrogen) atoms. The highest BCUT2D eigenvalue weighted by Gasteiger charge is 2.63. The summed E-state index contributed by atoms with van der Waals surface area (Å²) in [5.41, 5.74) is 0.282. The molecule has 0 bridgehead atoms. The highest BCUT2D eigenvalue weighted by molar-refractivity contribution is 6.32. The van der Waals surface area contributed by atoms with Gasteiger partial charge in [-0.05, 0) is 36.6 Å². The average Bonchev–Trinajstić information content (AvgIpc) is 3.13. The number of likely N-dealkylation sites (tertiary alicyclic amines) is 1. The van der Waals surface area contributed by atoms with Crippen LogP contribution in [0.5, 0.6) is 0 Å². The highest BCUT2D eigenvalue weighted by Crippen LogP contribution is 2.49. The maximum Gasteiger partial charge on any atom is 0.303 e. The van der Waals surface area contributed by atoms with Crippen molar-refractivity contribution in [3.8, 4) is 0 Å². The third-order valence-corrected chi connectivity index (χ3v) is 6.12. The van der Waals surface area contributed by atoms with Crippen LogP contribution in [0.4, 0.5) is 5.69 Å². The molecular formula is C23H21ClN2O5. The highest BCUT2D eigenvalue weighted by atomic mass is 35.5. The van der Waals surface area contributed by atoms with Gasteiger partial charge in [0.2, 0.25) is 17.7 Å². The van der Waals surface area contributed by atoms with Gasteiger partial charge >= 0.3 is 5.97 Å². The van der Waals surface area contributed by atoms with Crippen molar-refractivity contribution in [3.05, 3.63) is 64.7 Å². The molecule has 3 amide bonds. The number of amides is 3. The van der Waals surface area contributed by atoms with Crippen LogP contribution in [0.25, 0.3) is 0 Å². The number of nitrogens with zero attached hydrogens (tertiary/aromatic N) is 2. The molecule has 2 aromatic rings. The van der Waals surface area contributed by atoms with E-state index in [0.29, 0.717) is 22.7 Å². The molecule has 1 saturated heterocycles. The first-order chi connectivity index (χ1) is 14.8. The zero-order valence-electron chi connectivity index (χ0n) is 16.7. The summed E-state index contributed by atoms with van der Waals surface area (Å²) in [6.45, 7) is 0.332. The van der Waals surface area contributed by atoms with Gasteiger partial charge in [-0.25, -0.2) is 0 Å². The van der Waals surface area contributed by atoms with Gasteiger partial charge in [-0.2, -0.15) is 0 Å². The number of carboxylic acid groups (broad SMARTS) is 1. The second kappa shape index (κ2) is 8.15. The van der Waals surface area contributed by atoms with Crippen molar-refractivity contribution in [3.63, 3.8) is 0 Å². The predicted molar refractivity (Wildman–Crippen MR) is 114 cm³/mol. The fraction of sp³-hybridized carbons (Fsp3) is 0.304. The van der Waals surface area contributed by atoms with Crippen LogP contribution in [0.2, 0.25) is 5.02 Å². The Balaban J connectivity index is 1.64. The van der Waals surface area contributed by atoms with Crippen molar-refractivity contribution >= 4 is 41.0 Å². The van der Waals surface area contributed by atoms with Crippen LogP contribution in [-0.4, -0.2) is 46.8 Å². The number of carboxylic acids is 1. The van der Waals surface area contributed by atoms with Crippen LogP contribution in [0.15, 0.2) is 48.5 Å². The first-order valence-corrected chi connectivity index (χ1v) is 10.4. The molecule has 0 aliphatic carbocycles. The van der Waals surface area contributed by atoms with Crippen LogP contribution in [-0.2, 0) is 31.0 Å². The fourth-order valence-electron chi connectivity index (χ4n) is 4.38. The van der Waals surface area contributed by atoms with E-state index < -0.39 is 29.1 Å². The quantitative estimate of drug-likeness (QED) is 0.527. The van der Waals surface area contributed by atoms with Gasteiger partial charge in [0.25, 0.3) is 0 Å². The maximum absolute atomic E-state index is 13.5. The molecule has 0 saturated carbocycles. The lowest BCUT2D eigenvalue weighted by molar-refractivity contribution is -0.142. The van der Waals surface area contributed by atoms with Crippen molar-refractivity contribution in [2.24, 2.45) is 0 Å². The number of carbonyl (C=O) groups is 4. The number of rotatable bonds is 7. The largest absolute Gasteiger partial charge is 0.481 e. The first-order valence-electron chi connectivity index (χ1n) is 10.1. The third kappa shape index (κ3) is 3.59. The maximum atomic E-state index is 13.5. The van der Waals surface area contributed by atoms with Gasteiger partial charge in [0, 0.05) is 35.8 Å². The molecule has 2 aliphatic rings. The SMILES string of the molecule is O=C(O)CCCN1C(=O)C2(CC(=O)N(CCc3ccccc3)C2=O)c2cc(Cl)ccc21. The number of aliphatic carboxylic acids is 1. The van der Waals surface area contributed by atoms with Crippen LogP contribution in [0.1, 0.15) is 30.4 Å². The Morgan fingerprint density at radius 2 is 1.71 bits per heavy atom. The predicted octanol–water partition coefficient (Wildman–Crippen LogP) is 2.79. The van der Waals surface area contributed by atoms with Gasteiger partial charge in [0.05, 0.1) is 6.42 Å². The molecule has 1 N–H and O–H groups in total. The number of hydrogen-bond donors (Lipinski definition) is 1. The standard InChI is InChI=1S/C23H21ClN2O5/c24-16-8-9-18-17(13-16)23(21(30)25(18)11-4-7-20(28)29)14-19(27)26(22(23)31)12-10-15-5-2-1-3-6-15/h1-3,5-6,8-9,13H,4,7,10-12,14H2,(H,28,29). The summed E-state index contributed by atoms with van der Waals surface area (Å²) in [7, 11) is 0. The number of hydrogen-bond acceptors (Lipinski definition) is 4. The van der Waals surface area contributed by atoms with Gasteiger partial charge in [0.15, 0.2) is 5.41 Å². The molecule has 0 aromatic heterocycles. The van der Waals surface area contributed by atoms with E-state index in [4.69, 9.17) is 16.7 Å². The lowest BCUT2D eigenvalue weighted by Gasteiger charge is -2.22. The molecule has 2 heterocycles. The fourth-order valence-corrected chi connectivity index (χ4v) is 4.55. The molecular weight excluding hydrogens is 420 g/mol. The van der Waals surface area contributed by atoms with E-state index in [0.717, 1.165) is 10.5 Å². The summed E-state index contributed by atoms with van der Waals surface area (Å²) in [5.74, 6) is -2.39. The van der Waals surface area contributed by atoms with E-state index in [1.807, 2.05) is 30.3 Å². The Kier molecular flexibility index (Phi) is 5.54. The Labute approximate surface area is 184 Å². The molecule has 8 heteroatoms. The van der Waals surface area contributed by atoms with Gasteiger partial charge in [-0.1, -0.05) is 41.9 Å². The normalized spacial score (nSPS) is 20.1. The van der Waals surface area contributed by atoms with Crippen molar-refractivity contribution in [2.75, 3.05) is 18.0 Å². The Morgan fingerprint density at radius 3 is 2.42 bits per heavy atom. The molecule has 1 atom stereocenters. The summed E-state index contributed by atoms with van der Waals surface area (Å²) in [6, 6.07) is 14.3. The van der Waals surface area contributed by atoms with Crippen LogP contribution >= 0.6 is 11.6 Å². The van der Waals surface area contributed by atoms with Crippen molar-refractivity contribution in [1.29, 1.82) is 0 Å². The molecule has 4 rings (SSSR count). The number of carbonyl (C=O) groups excluding carboxylic acids is 3. The van der Waals surface area contributed by atoms with Crippen molar-refractivity contribution in [2.45, 2.75) is 31.1 Å². The summed E-state index contributed by atoms with van der Waals surface area (Å²) in [4.78, 5) is 53.3. The van der Waals surface area contributed by atoms with E-state index in [2.05, 4.69) is 0 Å². The first kappa shape index (κ1) is 21.1. The van der Waals surface area contributed by atoms with Crippen molar-refractivity contribution < 1.29 is 24.3 Å². The molecule has 7 nitrogen and oxygen atoms in total. The molecule has 1 spiro atoms. The number of benzene rings is 2. The zero-order valence-corrected chi connectivity index (χ0v) is 17.5. The van der Waals surface area contributed by atoms with Gasteiger partial charge in [-0.3, -0.25) is 24.1 Å². The topological polar surface area (TPSA) is 95.0 Å². The summed E-state index contributed by atoms with van der Waals surface area (Å²) in [5, 5.41) is 9.29. The molecule has 2 aliphatic heterocycles. The molecule has 1 fully saturated rings. The van der Waals surface area contributed by atoms with Gasteiger partial charge in [-0.15, -0.1) is 0 Å². The number of fused-ring (bicyclic) bond motifs is 2. The zero-order chi connectivity index (χ0) is 22.2.